The van der Waals surface area contributed by atoms with Crippen molar-refractivity contribution in [3.63, 3.8) is 0 Å². The molecule has 0 fully saturated rings. The van der Waals surface area contributed by atoms with Gasteiger partial charge in [-0.25, -0.2) is 0 Å². The summed E-state index contributed by atoms with van der Waals surface area (Å²) >= 11 is 2.46. The van der Waals surface area contributed by atoms with Crippen LogP contribution in [0.5, 0.6) is 5.75 Å². The first kappa shape index (κ1) is 11.8. The number of hydrogen-bond donors (Lipinski definition) is 0. The van der Waals surface area contributed by atoms with Crippen molar-refractivity contribution in [3.8, 4) is 5.75 Å². The monoisotopic (exact) mass is 304 g/mol. The number of rotatable bonds is 4. The summed E-state index contributed by atoms with van der Waals surface area (Å²) in [4.78, 5) is 0. The van der Waals surface area contributed by atoms with Gasteiger partial charge in [0.15, 0.2) is 0 Å². The molecule has 0 aromatic heterocycles. The van der Waals surface area contributed by atoms with E-state index in [0.717, 1.165) is 12.2 Å². The lowest BCUT2D eigenvalue weighted by atomic mass is 10.1. The molecule has 1 unspecified atom stereocenters. The number of benzene rings is 1. The van der Waals surface area contributed by atoms with Crippen molar-refractivity contribution >= 4 is 22.6 Å². The predicted octanol–water partition coefficient (Wildman–Crippen LogP) is 4.36. The van der Waals surface area contributed by atoms with Crippen molar-refractivity contribution in [2.75, 3.05) is 0 Å². The van der Waals surface area contributed by atoms with Crippen LogP contribution in [0.15, 0.2) is 24.3 Å². The Morgan fingerprint density at radius 3 is 2.50 bits per heavy atom. The quantitative estimate of drug-likeness (QED) is 0.593. The molecule has 78 valence electrons. The molecular weight excluding hydrogens is 287 g/mol. The van der Waals surface area contributed by atoms with E-state index in [9.17, 15) is 0 Å². The summed E-state index contributed by atoms with van der Waals surface area (Å²) in [7, 11) is 0. The minimum Gasteiger partial charge on any atom is -0.491 e. The Balaban J connectivity index is 2.91. The summed E-state index contributed by atoms with van der Waals surface area (Å²) in [5.41, 5.74) is 1.31. The topological polar surface area (TPSA) is 9.23 Å². The van der Waals surface area contributed by atoms with E-state index in [1.54, 1.807) is 0 Å². The molecule has 0 amide bonds. The summed E-state index contributed by atoms with van der Waals surface area (Å²) in [5, 5.41) is 0. The smallest absolute Gasteiger partial charge is 0.123 e. The van der Waals surface area contributed by atoms with Gasteiger partial charge in [0.05, 0.1) is 6.10 Å². The fourth-order valence-corrected chi connectivity index (χ4v) is 1.84. The van der Waals surface area contributed by atoms with Crippen LogP contribution in [0.1, 0.15) is 36.7 Å². The van der Waals surface area contributed by atoms with Crippen LogP contribution in [-0.4, -0.2) is 6.10 Å². The number of alkyl halides is 1. The highest BCUT2D eigenvalue weighted by Gasteiger charge is 2.11. The molecule has 0 N–H and O–H groups in total. The lowest BCUT2D eigenvalue weighted by molar-refractivity contribution is 0.240. The van der Waals surface area contributed by atoms with Crippen molar-refractivity contribution in [2.24, 2.45) is 0 Å². The third-order valence-corrected chi connectivity index (χ3v) is 3.53. The van der Waals surface area contributed by atoms with Crippen LogP contribution in [0.2, 0.25) is 0 Å². The van der Waals surface area contributed by atoms with Gasteiger partial charge in [0.2, 0.25) is 0 Å². The molecular formula is C12H17IO. The zero-order valence-corrected chi connectivity index (χ0v) is 11.1. The highest BCUT2D eigenvalue weighted by molar-refractivity contribution is 14.1. The van der Waals surface area contributed by atoms with Crippen LogP contribution in [0.4, 0.5) is 0 Å². The summed E-state index contributed by atoms with van der Waals surface area (Å²) in [6.45, 7) is 6.32. The molecule has 1 aromatic rings. The molecule has 2 heteroatoms. The van der Waals surface area contributed by atoms with Gasteiger partial charge in [0, 0.05) is 9.49 Å². The van der Waals surface area contributed by atoms with Crippen LogP contribution in [0, 0.1) is 0 Å². The molecule has 0 bridgehead atoms. The van der Waals surface area contributed by atoms with Crippen LogP contribution in [0.3, 0.4) is 0 Å². The molecule has 0 saturated heterocycles. The van der Waals surface area contributed by atoms with Crippen molar-refractivity contribution in [2.45, 2.75) is 37.2 Å². The van der Waals surface area contributed by atoms with E-state index < -0.39 is 0 Å². The van der Waals surface area contributed by atoms with Gasteiger partial charge < -0.3 is 4.74 Å². The van der Waals surface area contributed by atoms with Gasteiger partial charge in [-0.05, 0) is 26.3 Å². The fourth-order valence-electron chi connectivity index (χ4n) is 1.32. The maximum atomic E-state index is 5.76. The first-order chi connectivity index (χ1) is 6.65. The van der Waals surface area contributed by atoms with E-state index in [1.165, 1.54) is 5.56 Å². The number of para-hydroxylation sites is 1. The summed E-state index contributed by atoms with van der Waals surface area (Å²) in [5.74, 6) is 1.03. The Labute approximate surface area is 100.0 Å². The number of ether oxygens (including phenoxy) is 1. The van der Waals surface area contributed by atoms with Crippen LogP contribution in [0.25, 0.3) is 0 Å². The number of hydrogen-bond acceptors (Lipinski definition) is 1. The molecule has 1 nitrogen and oxygen atoms in total. The predicted molar refractivity (Wildman–Crippen MR) is 69.3 cm³/mol. The highest BCUT2D eigenvalue weighted by atomic mass is 127. The zero-order chi connectivity index (χ0) is 10.6. The largest absolute Gasteiger partial charge is 0.491 e. The Morgan fingerprint density at radius 2 is 1.93 bits per heavy atom. The molecule has 0 spiro atoms. The Hall–Kier alpha value is -0.250. The first-order valence-electron chi connectivity index (χ1n) is 5.04. The first-order valence-corrected chi connectivity index (χ1v) is 6.29. The van der Waals surface area contributed by atoms with E-state index in [0.29, 0.717) is 3.92 Å². The van der Waals surface area contributed by atoms with Gasteiger partial charge >= 0.3 is 0 Å². The standard InChI is InChI=1S/C12H17IO/c1-4-11(13)10-7-5-6-8-12(10)14-9(2)3/h5-9,11H,4H2,1-3H3. The maximum Gasteiger partial charge on any atom is 0.123 e. The Kier molecular flexibility index (Phi) is 4.72. The fraction of sp³-hybridized carbons (Fsp3) is 0.500. The van der Waals surface area contributed by atoms with Gasteiger partial charge in [-0.3, -0.25) is 0 Å². The SMILES string of the molecule is CCC(I)c1ccccc1OC(C)C. The molecule has 14 heavy (non-hydrogen) atoms. The second-order valence-corrected chi connectivity index (χ2v) is 5.08. The van der Waals surface area contributed by atoms with Gasteiger partial charge in [0.25, 0.3) is 0 Å². The van der Waals surface area contributed by atoms with E-state index in [1.807, 2.05) is 6.07 Å². The molecule has 0 aliphatic heterocycles. The third kappa shape index (κ3) is 3.15. The van der Waals surface area contributed by atoms with E-state index >= 15 is 0 Å². The lowest BCUT2D eigenvalue weighted by Crippen LogP contribution is -2.07. The minimum absolute atomic E-state index is 0.247. The van der Waals surface area contributed by atoms with Gasteiger partial charge in [0.1, 0.15) is 5.75 Å². The Bertz CT molecular complexity index is 283. The molecule has 1 atom stereocenters. The van der Waals surface area contributed by atoms with Crippen molar-refractivity contribution < 1.29 is 4.74 Å². The highest BCUT2D eigenvalue weighted by Crippen LogP contribution is 2.34. The van der Waals surface area contributed by atoms with Gasteiger partial charge in [-0.2, -0.15) is 0 Å². The van der Waals surface area contributed by atoms with Crippen LogP contribution < -0.4 is 4.74 Å². The molecule has 0 heterocycles. The second-order valence-electron chi connectivity index (χ2n) is 3.58. The molecule has 1 aromatic carbocycles. The summed E-state index contributed by atoms with van der Waals surface area (Å²) in [6, 6.07) is 8.30. The normalized spacial score (nSPS) is 12.9. The van der Waals surface area contributed by atoms with Gasteiger partial charge in [-0.15, -0.1) is 0 Å². The zero-order valence-electron chi connectivity index (χ0n) is 8.96. The second kappa shape index (κ2) is 5.59. The molecule has 0 aliphatic carbocycles. The summed E-state index contributed by atoms with van der Waals surface area (Å²) < 4.78 is 6.31. The minimum atomic E-state index is 0.247. The van der Waals surface area contributed by atoms with Crippen LogP contribution >= 0.6 is 22.6 Å². The average molecular weight is 304 g/mol. The average Bonchev–Trinajstić information content (AvgIpc) is 2.16. The molecule has 1 rings (SSSR count). The number of halogens is 1. The van der Waals surface area contributed by atoms with E-state index in [2.05, 4.69) is 61.6 Å². The van der Waals surface area contributed by atoms with Crippen molar-refractivity contribution in [3.05, 3.63) is 29.8 Å². The maximum absolute atomic E-state index is 5.76. The lowest BCUT2D eigenvalue weighted by Gasteiger charge is -2.16. The third-order valence-electron chi connectivity index (χ3n) is 1.98. The molecule has 0 aliphatic rings. The Morgan fingerprint density at radius 1 is 1.29 bits per heavy atom. The molecule has 0 saturated carbocycles. The van der Waals surface area contributed by atoms with E-state index in [-0.39, 0.29) is 6.10 Å². The van der Waals surface area contributed by atoms with E-state index in [4.69, 9.17) is 4.74 Å². The molecule has 0 radical (unpaired) electrons. The van der Waals surface area contributed by atoms with Crippen molar-refractivity contribution in [1.82, 2.24) is 0 Å². The summed E-state index contributed by atoms with van der Waals surface area (Å²) in [6.07, 6.45) is 1.38. The van der Waals surface area contributed by atoms with Gasteiger partial charge in [-0.1, -0.05) is 47.7 Å². The van der Waals surface area contributed by atoms with Crippen molar-refractivity contribution in [1.29, 1.82) is 0 Å². The van der Waals surface area contributed by atoms with Crippen LogP contribution in [-0.2, 0) is 0 Å².